The molecule has 2 aromatic rings. The third-order valence-corrected chi connectivity index (χ3v) is 2.68. The van der Waals surface area contributed by atoms with Crippen LogP contribution < -0.4 is 11.1 Å². The maximum absolute atomic E-state index is 11.9. The minimum Gasteiger partial charge on any atom is -0.384 e. The highest BCUT2D eigenvalue weighted by molar-refractivity contribution is 6.33. The molecule has 1 aromatic heterocycles. The van der Waals surface area contributed by atoms with Crippen LogP contribution in [0.5, 0.6) is 0 Å². The molecule has 0 aliphatic heterocycles. The molecule has 0 saturated heterocycles. The number of nitrogens with one attached hydrogen (secondary N) is 1. The van der Waals surface area contributed by atoms with E-state index in [-0.39, 0.29) is 22.4 Å². The fraction of sp³-hybridized carbons (Fsp3) is 0.0769. The zero-order valence-corrected chi connectivity index (χ0v) is 10.3. The number of carbonyl (C=O) groups is 1. The van der Waals surface area contributed by atoms with Gasteiger partial charge in [-0.1, -0.05) is 41.9 Å². The van der Waals surface area contributed by atoms with E-state index in [0.29, 0.717) is 6.54 Å². The molecule has 3 N–H and O–H groups in total. The second kappa shape index (κ2) is 5.51. The van der Waals surface area contributed by atoms with E-state index in [0.717, 1.165) is 5.56 Å². The summed E-state index contributed by atoms with van der Waals surface area (Å²) < 4.78 is 0. The average molecular weight is 262 g/mol. The third-order valence-electron chi connectivity index (χ3n) is 2.38. The molecule has 0 aliphatic carbocycles. The van der Waals surface area contributed by atoms with Crippen molar-refractivity contribution in [3.05, 3.63) is 58.7 Å². The zero-order valence-electron chi connectivity index (χ0n) is 9.56. The Morgan fingerprint density at radius 1 is 1.22 bits per heavy atom. The van der Waals surface area contributed by atoms with E-state index in [1.165, 1.54) is 0 Å². The molecule has 0 atom stereocenters. The number of nitrogens with two attached hydrogens (primary N) is 1. The molecule has 2 rings (SSSR count). The van der Waals surface area contributed by atoms with E-state index >= 15 is 0 Å². The van der Waals surface area contributed by atoms with Gasteiger partial charge < -0.3 is 11.1 Å². The quantitative estimate of drug-likeness (QED) is 0.890. The van der Waals surface area contributed by atoms with Crippen LogP contribution in [-0.4, -0.2) is 10.9 Å². The summed E-state index contributed by atoms with van der Waals surface area (Å²) in [6, 6.07) is 12.7. The van der Waals surface area contributed by atoms with Crippen molar-refractivity contribution in [3.8, 4) is 0 Å². The van der Waals surface area contributed by atoms with Gasteiger partial charge in [-0.05, 0) is 17.7 Å². The Labute approximate surface area is 110 Å². The Morgan fingerprint density at radius 2 is 1.94 bits per heavy atom. The number of anilines is 1. The standard InChI is InChI=1S/C13H12ClN3O/c14-10-6-7-11(15)17-12(10)13(18)16-8-9-4-2-1-3-5-9/h1-7H,8H2,(H2,15,17)(H,16,18). The number of amides is 1. The monoisotopic (exact) mass is 261 g/mol. The molecular formula is C13H12ClN3O. The largest absolute Gasteiger partial charge is 0.384 e. The minimum atomic E-state index is -0.337. The second-order valence-corrected chi connectivity index (χ2v) is 4.14. The van der Waals surface area contributed by atoms with Gasteiger partial charge in [0.05, 0.1) is 5.02 Å². The van der Waals surface area contributed by atoms with E-state index < -0.39 is 0 Å². The van der Waals surface area contributed by atoms with Gasteiger partial charge in [0.15, 0.2) is 0 Å². The van der Waals surface area contributed by atoms with Gasteiger partial charge in [0.2, 0.25) is 0 Å². The molecule has 0 spiro atoms. The maximum Gasteiger partial charge on any atom is 0.271 e. The number of carbonyl (C=O) groups excluding carboxylic acids is 1. The van der Waals surface area contributed by atoms with Gasteiger partial charge in [0.25, 0.3) is 5.91 Å². The first-order chi connectivity index (χ1) is 8.66. The molecule has 0 saturated carbocycles. The fourth-order valence-electron chi connectivity index (χ4n) is 1.48. The number of rotatable bonds is 3. The smallest absolute Gasteiger partial charge is 0.271 e. The summed E-state index contributed by atoms with van der Waals surface area (Å²) >= 11 is 5.89. The number of pyridine rings is 1. The van der Waals surface area contributed by atoms with Crippen LogP contribution in [0.15, 0.2) is 42.5 Å². The summed E-state index contributed by atoms with van der Waals surface area (Å²) in [7, 11) is 0. The number of hydrogen-bond acceptors (Lipinski definition) is 3. The first kappa shape index (κ1) is 12.4. The summed E-state index contributed by atoms with van der Waals surface area (Å²) in [6.07, 6.45) is 0. The highest BCUT2D eigenvalue weighted by atomic mass is 35.5. The minimum absolute atomic E-state index is 0.146. The zero-order chi connectivity index (χ0) is 13.0. The van der Waals surface area contributed by atoms with Gasteiger partial charge in [-0.3, -0.25) is 4.79 Å². The van der Waals surface area contributed by atoms with Crippen molar-refractivity contribution in [2.75, 3.05) is 5.73 Å². The number of benzene rings is 1. The van der Waals surface area contributed by atoms with Crippen molar-refractivity contribution in [2.24, 2.45) is 0 Å². The number of halogens is 1. The average Bonchev–Trinajstić information content (AvgIpc) is 2.40. The Morgan fingerprint density at radius 3 is 2.67 bits per heavy atom. The van der Waals surface area contributed by atoms with Gasteiger partial charge in [0, 0.05) is 6.54 Å². The highest BCUT2D eigenvalue weighted by Gasteiger charge is 2.12. The van der Waals surface area contributed by atoms with Crippen LogP contribution in [0.1, 0.15) is 16.1 Å². The van der Waals surface area contributed by atoms with Crippen LogP contribution in [0.2, 0.25) is 5.02 Å². The summed E-state index contributed by atoms with van der Waals surface area (Å²) in [5, 5.41) is 3.03. The first-order valence-electron chi connectivity index (χ1n) is 5.41. The lowest BCUT2D eigenvalue weighted by molar-refractivity contribution is 0.0946. The van der Waals surface area contributed by atoms with Crippen molar-refractivity contribution >= 4 is 23.3 Å². The molecule has 0 radical (unpaired) electrons. The summed E-state index contributed by atoms with van der Waals surface area (Å²) in [5.74, 6) is -0.0691. The number of aromatic nitrogens is 1. The molecule has 0 fully saturated rings. The number of hydrogen-bond donors (Lipinski definition) is 2. The molecule has 1 heterocycles. The predicted octanol–water partition coefficient (Wildman–Crippen LogP) is 2.25. The highest BCUT2D eigenvalue weighted by Crippen LogP contribution is 2.15. The fourth-order valence-corrected chi connectivity index (χ4v) is 1.67. The Kier molecular flexibility index (Phi) is 3.79. The third kappa shape index (κ3) is 2.99. The normalized spacial score (nSPS) is 10.1. The molecule has 0 aliphatic rings. The number of nitrogen functional groups attached to an aromatic ring is 1. The van der Waals surface area contributed by atoms with Crippen LogP contribution in [0, 0.1) is 0 Å². The SMILES string of the molecule is Nc1ccc(Cl)c(C(=O)NCc2ccccc2)n1. The Hall–Kier alpha value is -2.07. The van der Waals surface area contributed by atoms with E-state index in [1.54, 1.807) is 12.1 Å². The first-order valence-corrected chi connectivity index (χ1v) is 5.79. The van der Waals surface area contributed by atoms with Gasteiger partial charge >= 0.3 is 0 Å². The van der Waals surface area contributed by atoms with Gasteiger partial charge in [-0.15, -0.1) is 0 Å². The van der Waals surface area contributed by atoms with Crippen LogP contribution in [0.4, 0.5) is 5.82 Å². The molecule has 4 nitrogen and oxygen atoms in total. The lowest BCUT2D eigenvalue weighted by atomic mass is 10.2. The molecule has 1 amide bonds. The van der Waals surface area contributed by atoms with Gasteiger partial charge in [0.1, 0.15) is 11.5 Å². The second-order valence-electron chi connectivity index (χ2n) is 3.73. The van der Waals surface area contributed by atoms with Crippen LogP contribution in [0.25, 0.3) is 0 Å². The molecule has 1 aromatic carbocycles. The Bertz CT molecular complexity index is 557. The molecule has 18 heavy (non-hydrogen) atoms. The number of nitrogens with zero attached hydrogens (tertiary/aromatic N) is 1. The maximum atomic E-state index is 11.9. The van der Waals surface area contributed by atoms with Crippen molar-refractivity contribution in [3.63, 3.8) is 0 Å². The van der Waals surface area contributed by atoms with Gasteiger partial charge in [-0.2, -0.15) is 0 Å². The molecule has 5 heteroatoms. The van der Waals surface area contributed by atoms with Crippen LogP contribution in [-0.2, 0) is 6.54 Å². The lowest BCUT2D eigenvalue weighted by Crippen LogP contribution is -2.24. The van der Waals surface area contributed by atoms with Crippen molar-refractivity contribution in [2.45, 2.75) is 6.54 Å². The summed E-state index contributed by atoms with van der Waals surface area (Å²) in [4.78, 5) is 15.8. The van der Waals surface area contributed by atoms with Crippen molar-refractivity contribution in [1.29, 1.82) is 0 Å². The summed E-state index contributed by atoms with van der Waals surface area (Å²) in [6.45, 7) is 0.423. The van der Waals surface area contributed by atoms with E-state index in [1.807, 2.05) is 30.3 Å². The predicted molar refractivity (Wildman–Crippen MR) is 71.3 cm³/mol. The molecular weight excluding hydrogens is 250 g/mol. The van der Waals surface area contributed by atoms with Gasteiger partial charge in [-0.25, -0.2) is 4.98 Å². The molecule has 92 valence electrons. The molecule has 0 unspecified atom stereocenters. The van der Waals surface area contributed by atoms with Crippen molar-refractivity contribution < 1.29 is 4.79 Å². The topological polar surface area (TPSA) is 68.0 Å². The summed E-state index contributed by atoms with van der Waals surface area (Å²) in [5.41, 5.74) is 6.67. The van der Waals surface area contributed by atoms with E-state index in [9.17, 15) is 4.79 Å². The molecule has 0 bridgehead atoms. The van der Waals surface area contributed by atoms with E-state index in [4.69, 9.17) is 17.3 Å². The van der Waals surface area contributed by atoms with E-state index in [2.05, 4.69) is 10.3 Å². The van der Waals surface area contributed by atoms with Crippen LogP contribution in [0.3, 0.4) is 0 Å². The Balaban J connectivity index is 2.06. The lowest BCUT2D eigenvalue weighted by Gasteiger charge is -2.06. The van der Waals surface area contributed by atoms with Crippen LogP contribution >= 0.6 is 11.6 Å². The van der Waals surface area contributed by atoms with Crippen molar-refractivity contribution in [1.82, 2.24) is 10.3 Å².